The maximum absolute atomic E-state index is 13.4. The highest BCUT2D eigenvalue weighted by Gasteiger charge is 2.24. The monoisotopic (exact) mass is 426 g/mol. The van der Waals surface area contributed by atoms with Crippen LogP contribution in [0.1, 0.15) is 44.1 Å². The quantitative estimate of drug-likeness (QED) is 0.583. The molecule has 3 rings (SSSR count). The molecule has 0 aliphatic carbocycles. The van der Waals surface area contributed by atoms with Crippen LogP contribution in [0.15, 0.2) is 54.6 Å². The predicted molar refractivity (Wildman–Crippen MR) is 117 cm³/mol. The minimum Gasteiger partial charge on any atom is -0.496 e. The Kier molecular flexibility index (Phi) is 6.52. The van der Waals surface area contributed by atoms with Gasteiger partial charge in [0.2, 0.25) is 0 Å². The number of hydrogen-bond acceptors (Lipinski definition) is 4. The summed E-state index contributed by atoms with van der Waals surface area (Å²) in [6.07, 6.45) is 0. The zero-order valence-electron chi connectivity index (χ0n) is 17.2. The second-order valence-corrected chi connectivity index (χ2v) is 7.97. The summed E-state index contributed by atoms with van der Waals surface area (Å²) in [6, 6.07) is 14.6. The molecule has 7 heteroatoms. The number of halogens is 1. The molecule has 1 atom stereocenters. The minimum atomic E-state index is -0.479. The highest BCUT2D eigenvalue weighted by Crippen LogP contribution is 2.32. The Balaban J connectivity index is 1.78. The summed E-state index contributed by atoms with van der Waals surface area (Å²) >= 11 is 1.20. The Morgan fingerprint density at radius 3 is 2.57 bits per heavy atom. The summed E-state index contributed by atoms with van der Waals surface area (Å²) < 4.78 is 18.8. The van der Waals surface area contributed by atoms with Crippen LogP contribution in [0.2, 0.25) is 0 Å². The lowest BCUT2D eigenvalue weighted by Gasteiger charge is -2.26. The van der Waals surface area contributed by atoms with Crippen molar-refractivity contribution in [2.24, 2.45) is 0 Å². The number of thiophene rings is 1. The van der Waals surface area contributed by atoms with Crippen LogP contribution in [-0.2, 0) is 0 Å². The number of aryl methyl sites for hydroxylation is 1. The number of hydrogen-bond donors (Lipinski definition) is 1. The Labute approximate surface area is 179 Å². The summed E-state index contributed by atoms with van der Waals surface area (Å²) in [4.78, 5) is 27.7. The van der Waals surface area contributed by atoms with Crippen LogP contribution < -0.4 is 10.1 Å². The SMILES string of the molecule is COc1ccccc1C(C)N(C)C(=O)c1sc(NC(=O)c2cccc(F)c2)cc1C. The number of para-hydroxylation sites is 1. The van der Waals surface area contributed by atoms with Crippen LogP contribution in [0.4, 0.5) is 9.39 Å². The first-order valence-electron chi connectivity index (χ1n) is 9.39. The number of rotatable bonds is 6. The lowest BCUT2D eigenvalue weighted by atomic mass is 10.1. The Bertz CT molecular complexity index is 1080. The molecule has 2 amide bonds. The molecule has 0 saturated carbocycles. The van der Waals surface area contributed by atoms with E-state index >= 15 is 0 Å². The highest BCUT2D eigenvalue weighted by molar-refractivity contribution is 7.18. The molecule has 1 aromatic heterocycles. The normalized spacial score (nSPS) is 11.6. The number of carbonyl (C=O) groups excluding carboxylic acids is 2. The topological polar surface area (TPSA) is 58.6 Å². The molecule has 156 valence electrons. The molecule has 0 bridgehead atoms. The molecule has 0 spiro atoms. The van der Waals surface area contributed by atoms with Crippen molar-refractivity contribution < 1.29 is 18.7 Å². The van der Waals surface area contributed by atoms with Gasteiger partial charge in [-0.1, -0.05) is 24.3 Å². The number of nitrogens with one attached hydrogen (secondary N) is 1. The molecule has 1 N–H and O–H groups in total. The fourth-order valence-corrected chi connectivity index (χ4v) is 4.18. The van der Waals surface area contributed by atoms with Crippen molar-refractivity contribution in [3.63, 3.8) is 0 Å². The standard InChI is InChI=1S/C23H23FN2O3S/c1-14-12-20(25-22(27)16-8-7-9-17(24)13-16)30-21(14)23(28)26(3)15(2)18-10-5-6-11-19(18)29-4/h5-13,15H,1-4H3,(H,25,27). The van der Waals surface area contributed by atoms with Crippen molar-refractivity contribution in [3.8, 4) is 5.75 Å². The van der Waals surface area contributed by atoms with Crippen molar-refractivity contribution in [1.82, 2.24) is 4.90 Å². The fraction of sp³-hybridized carbons (Fsp3) is 0.217. The fourth-order valence-electron chi connectivity index (χ4n) is 3.13. The zero-order chi connectivity index (χ0) is 21.8. The van der Waals surface area contributed by atoms with Gasteiger partial charge in [0.25, 0.3) is 11.8 Å². The lowest BCUT2D eigenvalue weighted by molar-refractivity contribution is 0.0745. The van der Waals surface area contributed by atoms with Crippen LogP contribution in [0.5, 0.6) is 5.75 Å². The number of amides is 2. The van der Waals surface area contributed by atoms with Crippen molar-refractivity contribution in [3.05, 3.63) is 82.0 Å². The molecule has 0 aliphatic rings. The van der Waals surface area contributed by atoms with Crippen molar-refractivity contribution in [2.45, 2.75) is 19.9 Å². The van der Waals surface area contributed by atoms with Gasteiger partial charge in [0.15, 0.2) is 0 Å². The number of methoxy groups -OCH3 is 1. The molecular weight excluding hydrogens is 403 g/mol. The average molecular weight is 427 g/mol. The molecule has 1 unspecified atom stereocenters. The van der Waals surface area contributed by atoms with Gasteiger partial charge in [-0.05, 0) is 49.7 Å². The van der Waals surface area contributed by atoms with E-state index in [2.05, 4.69) is 5.32 Å². The second-order valence-electron chi connectivity index (χ2n) is 6.92. The Morgan fingerprint density at radius 1 is 1.13 bits per heavy atom. The zero-order valence-corrected chi connectivity index (χ0v) is 18.0. The van der Waals surface area contributed by atoms with E-state index in [1.54, 1.807) is 25.1 Å². The van der Waals surface area contributed by atoms with E-state index in [-0.39, 0.29) is 17.5 Å². The van der Waals surface area contributed by atoms with E-state index in [0.717, 1.165) is 16.9 Å². The van der Waals surface area contributed by atoms with Gasteiger partial charge in [0, 0.05) is 18.2 Å². The maximum atomic E-state index is 13.4. The molecule has 1 heterocycles. The van der Waals surface area contributed by atoms with Crippen molar-refractivity contribution >= 4 is 28.2 Å². The molecule has 0 aliphatic heterocycles. The molecule has 0 saturated heterocycles. The van der Waals surface area contributed by atoms with Crippen LogP contribution in [-0.4, -0.2) is 30.9 Å². The molecule has 0 fully saturated rings. The number of ether oxygens (including phenoxy) is 1. The van der Waals surface area contributed by atoms with Crippen LogP contribution in [0.25, 0.3) is 0 Å². The van der Waals surface area contributed by atoms with Crippen LogP contribution >= 0.6 is 11.3 Å². The van der Waals surface area contributed by atoms with E-state index in [1.807, 2.05) is 38.1 Å². The first kappa shape index (κ1) is 21.5. The van der Waals surface area contributed by atoms with Crippen molar-refractivity contribution in [1.29, 1.82) is 0 Å². The molecule has 2 aromatic carbocycles. The molecule has 0 radical (unpaired) electrons. The average Bonchev–Trinajstić information content (AvgIpc) is 3.11. The largest absolute Gasteiger partial charge is 0.496 e. The van der Waals surface area contributed by atoms with Gasteiger partial charge in [-0.15, -0.1) is 11.3 Å². The van der Waals surface area contributed by atoms with Crippen LogP contribution in [0.3, 0.4) is 0 Å². The molecule has 3 aromatic rings. The Hall–Kier alpha value is -3.19. The number of benzene rings is 2. The molecular formula is C23H23FN2O3S. The van der Waals surface area contributed by atoms with Gasteiger partial charge in [-0.3, -0.25) is 9.59 Å². The lowest BCUT2D eigenvalue weighted by Crippen LogP contribution is -2.29. The number of carbonyl (C=O) groups is 2. The summed E-state index contributed by atoms with van der Waals surface area (Å²) in [5, 5.41) is 3.27. The van der Waals surface area contributed by atoms with Gasteiger partial charge in [-0.2, -0.15) is 0 Å². The molecule has 30 heavy (non-hydrogen) atoms. The van der Waals surface area contributed by atoms with Gasteiger partial charge in [0.05, 0.1) is 23.0 Å². The number of nitrogens with zero attached hydrogens (tertiary/aromatic N) is 1. The van der Waals surface area contributed by atoms with E-state index in [4.69, 9.17) is 4.74 Å². The summed E-state index contributed by atoms with van der Waals surface area (Å²) in [7, 11) is 3.34. The highest BCUT2D eigenvalue weighted by atomic mass is 32.1. The summed E-state index contributed by atoms with van der Waals surface area (Å²) in [5.41, 5.74) is 1.89. The van der Waals surface area contributed by atoms with Gasteiger partial charge in [0.1, 0.15) is 11.6 Å². The third kappa shape index (κ3) is 4.52. The van der Waals surface area contributed by atoms with E-state index < -0.39 is 11.7 Å². The van der Waals surface area contributed by atoms with E-state index in [0.29, 0.717) is 9.88 Å². The minimum absolute atomic E-state index is 0.151. The second kappa shape index (κ2) is 9.09. The maximum Gasteiger partial charge on any atom is 0.264 e. The summed E-state index contributed by atoms with van der Waals surface area (Å²) in [5.74, 6) is -0.337. The third-order valence-electron chi connectivity index (χ3n) is 4.93. The molecule has 5 nitrogen and oxygen atoms in total. The van der Waals surface area contributed by atoms with Gasteiger partial charge < -0.3 is 15.0 Å². The Morgan fingerprint density at radius 2 is 1.87 bits per heavy atom. The predicted octanol–water partition coefficient (Wildman–Crippen LogP) is 5.29. The van der Waals surface area contributed by atoms with Gasteiger partial charge in [-0.25, -0.2) is 4.39 Å². The summed E-state index contributed by atoms with van der Waals surface area (Å²) in [6.45, 7) is 3.76. The number of anilines is 1. The van der Waals surface area contributed by atoms with Crippen molar-refractivity contribution in [2.75, 3.05) is 19.5 Å². The third-order valence-corrected chi connectivity index (χ3v) is 6.07. The van der Waals surface area contributed by atoms with Crippen LogP contribution in [0, 0.1) is 12.7 Å². The van der Waals surface area contributed by atoms with Gasteiger partial charge >= 0.3 is 0 Å². The first-order chi connectivity index (χ1) is 14.3. The van der Waals surface area contributed by atoms with E-state index in [9.17, 15) is 14.0 Å². The smallest absolute Gasteiger partial charge is 0.264 e. The first-order valence-corrected chi connectivity index (χ1v) is 10.2. The van der Waals surface area contributed by atoms with E-state index in [1.165, 1.54) is 35.6 Å².